The van der Waals surface area contributed by atoms with E-state index < -0.39 is 29.2 Å². The van der Waals surface area contributed by atoms with E-state index in [1.54, 1.807) is 6.07 Å². The minimum absolute atomic E-state index is 0.0542. The molecule has 0 unspecified atom stereocenters. The van der Waals surface area contributed by atoms with E-state index in [2.05, 4.69) is 20.6 Å². The maximum absolute atomic E-state index is 14.5. The number of alkyl halides is 3. The summed E-state index contributed by atoms with van der Waals surface area (Å²) < 4.78 is 60.6. The van der Waals surface area contributed by atoms with Crippen LogP contribution in [0.2, 0.25) is 5.02 Å². The maximum Gasteiger partial charge on any atom is 0.432 e. The highest BCUT2D eigenvalue weighted by atomic mass is 35.5. The van der Waals surface area contributed by atoms with Crippen LogP contribution in [0, 0.1) is 11.2 Å². The quantitative estimate of drug-likeness (QED) is 0.204. The minimum atomic E-state index is -4.98. The van der Waals surface area contributed by atoms with Crippen molar-refractivity contribution >= 4 is 40.9 Å². The Balaban J connectivity index is 1.85. The van der Waals surface area contributed by atoms with E-state index in [4.69, 9.17) is 27.5 Å². The number of nitrogen functional groups attached to an aromatic ring is 1. The average Bonchev–Trinajstić information content (AvgIpc) is 2.78. The molecule has 0 aliphatic heterocycles. The number of hydrogen-bond acceptors (Lipinski definition) is 7. The molecule has 0 aliphatic rings. The molecular formula is C21H15ClF4N6O2. The van der Waals surface area contributed by atoms with E-state index in [1.807, 2.05) is 0 Å². The first-order valence-electron chi connectivity index (χ1n) is 9.29. The molecule has 0 atom stereocenters. The van der Waals surface area contributed by atoms with Gasteiger partial charge in [-0.3, -0.25) is 4.79 Å². The molecule has 5 N–H and O–H groups in total. The van der Waals surface area contributed by atoms with E-state index in [9.17, 15) is 22.4 Å². The SMILES string of the molecule is N=C/C(C(=O)Nc1ccc(Oc2ncnc(N)c2Cl)c(F)c1)=C(\Nc1ccccc1)C(F)(F)F. The van der Waals surface area contributed by atoms with Gasteiger partial charge in [-0.05, 0) is 24.3 Å². The lowest BCUT2D eigenvalue weighted by Gasteiger charge is -2.17. The van der Waals surface area contributed by atoms with Crippen molar-refractivity contribution in [2.75, 3.05) is 16.4 Å². The fraction of sp³-hybridized carbons (Fsp3) is 0.0476. The van der Waals surface area contributed by atoms with Crippen molar-refractivity contribution < 1.29 is 27.1 Å². The first-order valence-corrected chi connectivity index (χ1v) is 9.66. The molecule has 3 rings (SSSR count). The monoisotopic (exact) mass is 494 g/mol. The largest absolute Gasteiger partial charge is 0.434 e. The van der Waals surface area contributed by atoms with Gasteiger partial charge >= 0.3 is 6.18 Å². The van der Waals surface area contributed by atoms with Gasteiger partial charge in [-0.1, -0.05) is 29.8 Å². The van der Waals surface area contributed by atoms with Crippen LogP contribution in [0.5, 0.6) is 11.6 Å². The Morgan fingerprint density at radius 2 is 1.79 bits per heavy atom. The number of carbonyl (C=O) groups is 1. The number of anilines is 3. The topological polar surface area (TPSA) is 126 Å². The van der Waals surface area contributed by atoms with Crippen LogP contribution in [0.4, 0.5) is 34.8 Å². The lowest BCUT2D eigenvalue weighted by molar-refractivity contribution is -0.114. The number of nitrogens with zero attached hydrogens (tertiary/aromatic N) is 2. The molecule has 1 amide bonds. The number of rotatable bonds is 7. The molecule has 3 aromatic rings. The fourth-order valence-electron chi connectivity index (χ4n) is 2.61. The zero-order chi connectivity index (χ0) is 24.9. The van der Waals surface area contributed by atoms with Crippen molar-refractivity contribution in [1.29, 1.82) is 5.41 Å². The van der Waals surface area contributed by atoms with Gasteiger partial charge in [0.15, 0.2) is 11.6 Å². The molecule has 0 fully saturated rings. The number of aromatic nitrogens is 2. The lowest BCUT2D eigenvalue weighted by Crippen LogP contribution is -2.27. The van der Waals surface area contributed by atoms with Gasteiger partial charge in [0.2, 0.25) is 5.88 Å². The third-order valence-electron chi connectivity index (χ3n) is 4.17. The molecule has 2 aromatic carbocycles. The predicted molar refractivity (Wildman–Crippen MR) is 118 cm³/mol. The smallest absolute Gasteiger partial charge is 0.432 e. The molecule has 0 radical (unpaired) electrons. The number of amides is 1. The van der Waals surface area contributed by atoms with Gasteiger partial charge in [-0.15, -0.1) is 0 Å². The summed E-state index contributed by atoms with van der Waals surface area (Å²) in [5.41, 5.74) is 2.92. The molecule has 0 saturated heterocycles. The van der Waals surface area contributed by atoms with Crippen LogP contribution in [0.3, 0.4) is 0 Å². The van der Waals surface area contributed by atoms with Crippen molar-refractivity contribution in [3.63, 3.8) is 0 Å². The Bertz CT molecular complexity index is 1250. The molecule has 8 nitrogen and oxygen atoms in total. The zero-order valence-electron chi connectivity index (χ0n) is 17.0. The molecular weight excluding hydrogens is 480 g/mol. The Morgan fingerprint density at radius 1 is 1.09 bits per heavy atom. The van der Waals surface area contributed by atoms with E-state index in [-0.39, 0.29) is 40.1 Å². The number of allylic oxidation sites excluding steroid dienone is 1. The standard InChI is InChI=1S/C21H15ClF4N6O2/c22-16-18(28)29-10-30-20(16)34-15-7-6-12(8-14(15)23)32-19(33)13(9-27)17(21(24,25)26)31-11-4-2-1-3-5-11/h1-10,27,31H,(H,32,33)(H2,28,29,30)/b17-13+,27-9?. The predicted octanol–water partition coefficient (Wildman–Crippen LogP) is 5.16. The molecule has 0 saturated carbocycles. The highest BCUT2D eigenvalue weighted by Crippen LogP contribution is 2.33. The minimum Gasteiger partial charge on any atom is -0.434 e. The summed E-state index contributed by atoms with van der Waals surface area (Å²) in [4.78, 5) is 19.9. The summed E-state index contributed by atoms with van der Waals surface area (Å²) in [5.74, 6) is -2.93. The highest BCUT2D eigenvalue weighted by molar-refractivity contribution is 6.34. The van der Waals surface area contributed by atoms with E-state index in [0.29, 0.717) is 0 Å². The van der Waals surface area contributed by atoms with Gasteiger partial charge in [0, 0.05) is 23.7 Å². The van der Waals surface area contributed by atoms with Crippen LogP contribution in [0.25, 0.3) is 0 Å². The highest BCUT2D eigenvalue weighted by Gasteiger charge is 2.38. The van der Waals surface area contributed by atoms with Crippen molar-refractivity contribution in [2.24, 2.45) is 0 Å². The normalized spacial score (nSPS) is 11.9. The Labute approximate surface area is 194 Å². The van der Waals surface area contributed by atoms with Gasteiger partial charge in [0.25, 0.3) is 5.91 Å². The van der Waals surface area contributed by atoms with E-state index in [1.165, 1.54) is 30.3 Å². The zero-order valence-corrected chi connectivity index (χ0v) is 17.7. The molecule has 34 heavy (non-hydrogen) atoms. The second kappa shape index (κ2) is 10.2. The van der Waals surface area contributed by atoms with E-state index in [0.717, 1.165) is 18.5 Å². The third-order valence-corrected chi connectivity index (χ3v) is 4.52. The summed E-state index contributed by atoms with van der Waals surface area (Å²) in [5, 5.41) is 11.4. The second-order valence-corrected chi connectivity index (χ2v) is 6.88. The van der Waals surface area contributed by atoms with Crippen LogP contribution < -0.4 is 21.1 Å². The first kappa shape index (κ1) is 24.5. The molecule has 1 heterocycles. The summed E-state index contributed by atoms with van der Waals surface area (Å²) in [7, 11) is 0. The molecule has 1 aromatic heterocycles. The number of nitrogens with two attached hydrogens (primary N) is 1. The van der Waals surface area contributed by atoms with Gasteiger partial charge in [0.1, 0.15) is 22.9 Å². The molecule has 0 spiro atoms. The molecule has 13 heteroatoms. The van der Waals surface area contributed by atoms with Crippen LogP contribution >= 0.6 is 11.6 Å². The van der Waals surface area contributed by atoms with Gasteiger partial charge < -0.3 is 26.5 Å². The maximum atomic E-state index is 14.5. The Morgan fingerprint density at radius 3 is 2.41 bits per heavy atom. The molecule has 0 aliphatic carbocycles. The second-order valence-electron chi connectivity index (χ2n) is 6.50. The summed E-state index contributed by atoms with van der Waals surface area (Å²) >= 11 is 5.89. The number of nitrogens with one attached hydrogen (secondary N) is 3. The summed E-state index contributed by atoms with van der Waals surface area (Å²) in [6.07, 6.45) is -3.68. The summed E-state index contributed by atoms with van der Waals surface area (Å²) in [6, 6.07) is 10.4. The van der Waals surface area contributed by atoms with Gasteiger partial charge in [0.05, 0.1) is 5.57 Å². The third kappa shape index (κ3) is 5.78. The molecule has 0 bridgehead atoms. The van der Waals surface area contributed by atoms with Crippen molar-refractivity contribution in [1.82, 2.24) is 9.97 Å². The van der Waals surface area contributed by atoms with E-state index >= 15 is 0 Å². The van der Waals surface area contributed by atoms with Gasteiger partial charge in [-0.2, -0.15) is 18.2 Å². The Kier molecular flexibility index (Phi) is 7.31. The van der Waals surface area contributed by atoms with Gasteiger partial charge in [-0.25, -0.2) is 9.37 Å². The van der Waals surface area contributed by atoms with Crippen LogP contribution in [-0.4, -0.2) is 28.3 Å². The summed E-state index contributed by atoms with van der Waals surface area (Å²) in [6.45, 7) is 0. The van der Waals surface area contributed by atoms with Crippen molar-refractivity contribution in [3.8, 4) is 11.6 Å². The number of hydrogen-bond donors (Lipinski definition) is 4. The fourth-order valence-corrected chi connectivity index (χ4v) is 2.75. The number of para-hydroxylation sites is 1. The number of benzene rings is 2. The van der Waals surface area contributed by atoms with Crippen LogP contribution in [0.1, 0.15) is 0 Å². The number of halogens is 5. The van der Waals surface area contributed by atoms with Crippen LogP contribution in [0.15, 0.2) is 66.1 Å². The number of carbonyl (C=O) groups excluding carboxylic acids is 1. The average molecular weight is 495 g/mol. The van der Waals surface area contributed by atoms with Crippen molar-refractivity contribution in [2.45, 2.75) is 6.18 Å². The molecule has 176 valence electrons. The van der Waals surface area contributed by atoms with Crippen LogP contribution in [-0.2, 0) is 4.79 Å². The first-order chi connectivity index (χ1) is 16.1. The Hall–Kier alpha value is -4.19. The lowest BCUT2D eigenvalue weighted by atomic mass is 10.1. The number of ether oxygens (including phenoxy) is 1. The van der Waals surface area contributed by atoms with Crippen molar-refractivity contribution in [3.05, 3.63) is 77.0 Å².